The average Bonchev–Trinajstić information content (AvgIpc) is 2.75. The quantitative estimate of drug-likeness (QED) is 0.254. The lowest BCUT2D eigenvalue weighted by Crippen LogP contribution is -2.56. The first-order valence-electron chi connectivity index (χ1n) is 11.4. The summed E-state index contributed by atoms with van der Waals surface area (Å²) in [6.45, 7) is 7.19. The average molecular weight is 477 g/mol. The number of carbonyl (C=O) groups is 5. The molecule has 188 valence electrons. The molecule has 0 radical (unpaired) electrons. The summed E-state index contributed by atoms with van der Waals surface area (Å²) in [4.78, 5) is 61.3. The lowest BCUT2D eigenvalue weighted by Gasteiger charge is -2.27. The Morgan fingerprint density at radius 3 is 2.09 bits per heavy atom. The molecule has 34 heavy (non-hydrogen) atoms. The number of nitrogens with one attached hydrogen (secondary N) is 3. The summed E-state index contributed by atoms with van der Waals surface area (Å²) in [5.74, 6) is -3.51. The highest BCUT2D eigenvalue weighted by molar-refractivity contribution is 6.38. The predicted molar refractivity (Wildman–Crippen MR) is 127 cm³/mol. The van der Waals surface area contributed by atoms with Gasteiger partial charge >= 0.3 is 6.09 Å². The zero-order chi connectivity index (χ0) is 25.8. The van der Waals surface area contributed by atoms with Crippen LogP contribution in [0.15, 0.2) is 30.3 Å². The molecule has 0 aliphatic carbocycles. The van der Waals surface area contributed by atoms with Crippen LogP contribution in [0.2, 0.25) is 0 Å². The Morgan fingerprint density at radius 2 is 1.59 bits per heavy atom. The summed E-state index contributed by atoms with van der Waals surface area (Å²) in [6, 6.07) is 6.19. The normalized spacial score (nSPS) is 14.4. The van der Waals surface area contributed by atoms with Crippen LogP contribution in [-0.2, 0) is 25.6 Å². The molecule has 0 aliphatic heterocycles. The fourth-order valence-corrected chi connectivity index (χ4v) is 3.52. The summed E-state index contributed by atoms with van der Waals surface area (Å²) >= 11 is 0. The van der Waals surface area contributed by atoms with Gasteiger partial charge in [-0.25, -0.2) is 4.79 Å². The van der Waals surface area contributed by atoms with Gasteiger partial charge in [-0.1, -0.05) is 64.4 Å². The molecule has 10 nitrogen and oxygen atoms in total. The Kier molecular flexibility index (Phi) is 11.8. The van der Waals surface area contributed by atoms with Gasteiger partial charge in [-0.15, -0.1) is 0 Å². The van der Waals surface area contributed by atoms with E-state index in [2.05, 4.69) is 16.0 Å². The molecule has 4 amide bonds. The second kappa shape index (κ2) is 14.0. The van der Waals surface area contributed by atoms with Crippen molar-refractivity contribution in [1.82, 2.24) is 16.0 Å². The molecule has 0 heterocycles. The number of primary amides is 1. The van der Waals surface area contributed by atoms with Crippen molar-refractivity contribution in [2.75, 3.05) is 0 Å². The van der Waals surface area contributed by atoms with Crippen molar-refractivity contribution in [2.45, 2.75) is 71.5 Å². The fraction of sp³-hybridized carbons (Fsp3) is 0.542. The Labute approximate surface area is 200 Å². The number of Topliss-reactive ketones (excluding diaryl/α,β-unsaturated/α-hetero) is 1. The Bertz CT molecular complexity index is 858. The summed E-state index contributed by atoms with van der Waals surface area (Å²) in [7, 11) is 0. The highest BCUT2D eigenvalue weighted by Crippen LogP contribution is 2.13. The predicted octanol–water partition coefficient (Wildman–Crippen LogP) is 1.37. The van der Waals surface area contributed by atoms with Crippen molar-refractivity contribution in [3.8, 4) is 0 Å². The van der Waals surface area contributed by atoms with Crippen molar-refractivity contribution in [1.29, 1.82) is 0 Å². The van der Waals surface area contributed by atoms with Crippen molar-refractivity contribution in [3.05, 3.63) is 35.9 Å². The smallest absolute Gasteiger partial charge is 0.405 e. The molecule has 2 unspecified atom stereocenters. The van der Waals surface area contributed by atoms with Crippen LogP contribution in [0.25, 0.3) is 0 Å². The molecular formula is C24H36N4O6. The maximum Gasteiger partial charge on any atom is 0.405 e. The van der Waals surface area contributed by atoms with E-state index in [4.69, 9.17) is 10.8 Å². The summed E-state index contributed by atoms with van der Waals surface area (Å²) < 4.78 is 0. The highest BCUT2D eigenvalue weighted by Gasteiger charge is 2.34. The standard InChI is InChI=1S/C24H36N4O6/c1-5-15(4)20(28-22(31)18(11-14(2)3)27-24(33)34)21(30)23(32)26-17(13-19(25)29)12-16-9-7-6-8-10-16/h6-10,14-15,17-18,20,27H,5,11-13H2,1-4H3,(H2,25,29)(H,26,32)(H,28,31)(H,33,34)/t15-,17?,18-,20?/m0/s1. The second-order valence-electron chi connectivity index (χ2n) is 8.90. The maximum atomic E-state index is 13.0. The van der Waals surface area contributed by atoms with E-state index < -0.39 is 53.6 Å². The zero-order valence-corrected chi connectivity index (χ0v) is 20.2. The SMILES string of the molecule is CC[C@H](C)C(NC(=O)[C@H](CC(C)C)NC(=O)O)C(=O)C(=O)NC(CC(N)=O)Cc1ccccc1. The minimum absolute atomic E-state index is 0.0104. The van der Waals surface area contributed by atoms with Crippen LogP contribution in [0.1, 0.15) is 52.5 Å². The summed E-state index contributed by atoms with van der Waals surface area (Å²) in [5.41, 5.74) is 6.17. The van der Waals surface area contributed by atoms with Gasteiger partial charge in [-0.05, 0) is 30.2 Å². The number of rotatable bonds is 14. The van der Waals surface area contributed by atoms with Crippen LogP contribution in [-0.4, -0.2) is 52.8 Å². The van der Waals surface area contributed by atoms with E-state index in [1.165, 1.54) is 0 Å². The largest absolute Gasteiger partial charge is 0.465 e. The molecule has 0 spiro atoms. The molecule has 0 saturated heterocycles. The minimum Gasteiger partial charge on any atom is -0.465 e. The van der Waals surface area contributed by atoms with Gasteiger partial charge in [-0.2, -0.15) is 0 Å². The molecule has 1 aromatic carbocycles. The highest BCUT2D eigenvalue weighted by atomic mass is 16.4. The van der Waals surface area contributed by atoms with Crippen LogP contribution in [0.3, 0.4) is 0 Å². The fourth-order valence-electron chi connectivity index (χ4n) is 3.52. The number of carboxylic acid groups (broad SMARTS) is 1. The summed E-state index contributed by atoms with van der Waals surface area (Å²) in [5, 5.41) is 16.4. The van der Waals surface area contributed by atoms with E-state index >= 15 is 0 Å². The van der Waals surface area contributed by atoms with Gasteiger partial charge in [0.1, 0.15) is 6.04 Å². The van der Waals surface area contributed by atoms with Crippen molar-refractivity contribution >= 4 is 29.6 Å². The Hall–Kier alpha value is -3.43. The van der Waals surface area contributed by atoms with Crippen molar-refractivity contribution in [2.24, 2.45) is 17.6 Å². The molecule has 1 aromatic rings. The monoisotopic (exact) mass is 476 g/mol. The van der Waals surface area contributed by atoms with E-state index in [1.807, 2.05) is 44.2 Å². The van der Waals surface area contributed by atoms with E-state index in [0.29, 0.717) is 12.8 Å². The lowest BCUT2D eigenvalue weighted by atomic mass is 9.93. The molecule has 6 N–H and O–H groups in total. The van der Waals surface area contributed by atoms with Gasteiger partial charge in [0.15, 0.2) is 0 Å². The van der Waals surface area contributed by atoms with Gasteiger partial charge in [-0.3, -0.25) is 19.2 Å². The minimum atomic E-state index is -1.36. The molecular weight excluding hydrogens is 440 g/mol. The number of amides is 4. The number of ketones is 1. The number of benzene rings is 1. The van der Waals surface area contributed by atoms with Crippen LogP contribution < -0.4 is 21.7 Å². The molecule has 0 bridgehead atoms. The van der Waals surface area contributed by atoms with Gasteiger partial charge in [0.05, 0.1) is 6.04 Å². The number of carbonyl (C=O) groups excluding carboxylic acids is 4. The van der Waals surface area contributed by atoms with Crippen LogP contribution in [0.4, 0.5) is 4.79 Å². The van der Waals surface area contributed by atoms with Crippen molar-refractivity contribution in [3.63, 3.8) is 0 Å². The lowest BCUT2D eigenvalue weighted by molar-refractivity contribution is -0.141. The van der Waals surface area contributed by atoms with Crippen LogP contribution >= 0.6 is 0 Å². The topological polar surface area (TPSA) is 168 Å². The third kappa shape index (κ3) is 10.0. The Morgan fingerprint density at radius 1 is 0.971 bits per heavy atom. The van der Waals surface area contributed by atoms with E-state index in [9.17, 15) is 24.0 Å². The van der Waals surface area contributed by atoms with Gasteiger partial charge < -0.3 is 26.8 Å². The molecule has 0 fully saturated rings. The molecule has 0 aliphatic rings. The third-order valence-corrected chi connectivity index (χ3v) is 5.45. The number of nitrogens with two attached hydrogens (primary N) is 1. The molecule has 4 atom stereocenters. The van der Waals surface area contributed by atoms with Crippen LogP contribution in [0.5, 0.6) is 0 Å². The van der Waals surface area contributed by atoms with Gasteiger partial charge in [0, 0.05) is 12.5 Å². The van der Waals surface area contributed by atoms with E-state index in [0.717, 1.165) is 5.56 Å². The van der Waals surface area contributed by atoms with Gasteiger partial charge in [0.2, 0.25) is 17.6 Å². The second-order valence-corrected chi connectivity index (χ2v) is 8.90. The van der Waals surface area contributed by atoms with E-state index in [1.54, 1.807) is 13.8 Å². The first-order chi connectivity index (χ1) is 15.9. The van der Waals surface area contributed by atoms with Crippen LogP contribution in [0, 0.1) is 11.8 Å². The first-order valence-corrected chi connectivity index (χ1v) is 11.4. The third-order valence-electron chi connectivity index (χ3n) is 5.45. The maximum absolute atomic E-state index is 13.0. The zero-order valence-electron chi connectivity index (χ0n) is 20.2. The Balaban J connectivity index is 3.01. The molecule has 1 rings (SSSR count). The molecule has 0 saturated carbocycles. The first kappa shape index (κ1) is 28.6. The van der Waals surface area contributed by atoms with Crippen molar-refractivity contribution < 1.29 is 29.1 Å². The number of hydrogen-bond donors (Lipinski definition) is 5. The summed E-state index contributed by atoms with van der Waals surface area (Å²) in [6.07, 6.45) is -0.515. The molecule has 0 aromatic heterocycles. The molecule has 10 heteroatoms. The number of hydrogen-bond acceptors (Lipinski definition) is 5. The van der Waals surface area contributed by atoms with E-state index in [-0.39, 0.29) is 18.8 Å². The van der Waals surface area contributed by atoms with Gasteiger partial charge in [0.25, 0.3) is 5.91 Å².